The van der Waals surface area contributed by atoms with Crippen LogP contribution in [0.15, 0.2) is 10.6 Å². The molecule has 2 rings (SSSR count). The van der Waals surface area contributed by atoms with Crippen LogP contribution in [0.1, 0.15) is 24.9 Å². The SMILES string of the molecule is CCCc1nc(-c2cc(COC)on2)n[nH]1. The van der Waals surface area contributed by atoms with Crippen molar-refractivity contribution in [3.63, 3.8) is 0 Å². The minimum absolute atomic E-state index is 0.402. The van der Waals surface area contributed by atoms with E-state index in [9.17, 15) is 0 Å². The lowest BCUT2D eigenvalue weighted by atomic mass is 10.3. The largest absolute Gasteiger partial charge is 0.377 e. The molecule has 0 spiro atoms. The summed E-state index contributed by atoms with van der Waals surface area (Å²) >= 11 is 0. The molecule has 0 fully saturated rings. The Morgan fingerprint density at radius 2 is 2.38 bits per heavy atom. The zero-order chi connectivity index (χ0) is 11.4. The second kappa shape index (κ2) is 4.89. The van der Waals surface area contributed by atoms with Gasteiger partial charge in [-0.25, -0.2) is 4.98 Å². The van der Waals surface area contributed by atoms with Gasteiger partial charge in [0.1, 0.15) is 12.4 Å². The molecule has 0 saturated heterocycles. The molecule has 6 heteroatoms. The van der Waals surface area contributed by atoms with Crippen molar-refractivity contribution in [2.75, 3.05) is 7.11 Å². The molecule has 0 saturated carbocycles. The molecule has 2 aromatic heterocycles. The molecule has 2 aromatic rings. The molecule has 0 atom stereocenters. The van der Waals surface area contributed by atoms with Gasteiger partial charge in [-0.05, 0) is 6.42 Å². The molecule has 0 aliphatic rings. The van der Waals surface area contributed by atoms with E-state index in [0.717, 1.165) is 18.7 Å². The summed E-state index contributed by atoms with van der Waals surface area (Å²) in [6.45, 7) is 2.49. The van der Waals surface area contributed by atoms with Crippen LogP contribution in [0.4, 0.5) is 0 Å². The fourth-order valence-electron chi connectivity index (χ4n) is 1.39. The predicted molar refractivity (Wildman–Crippen MR) is 56.6 cm³/mol. The molecule has 86 valence electrons. The average molecular weight is 222 g/mol. The Hall–Kier alpha value is -1.69. The number of H-pyrrole nitrogens is 1. The van der Waals surface area contributed by atoms with Crippen LogP contribution in [-0.4, -0.2) is 27.4 Å². The summed E-state index contributed by atoms with van der Waals surface area (Å²) in [7, 11) is 1.61. The summed E-state index contributed by atoms with van der Waals surface area (Å²) in [5, 5.41) is 10.8. The molecular weight excluding hydrogens is 208 g/mol. The fraction of sp³-hybridized carbons (Fsp3) is 0.500. The maximum Gasteiger partial charge on any atom is 0.203 e. The van der Waals surface area contributed by atoms with Gasteiger partial charge in [-0.3, -0.25) is 5.10 Å². The van der Waals surface area contributed by atoms with Crippen LogP contribution in [0, 0.1) is 0 Å². The number of rotatable bonds is 5. The second-order valence-electron chi connectivity index (χ2n) is 3.47. The van der Waals surface area contributed by atoms with Crippen molar-refractivity contribution < 1.29 is 9.26 Å². The van der Waals surface area contributed by atoms with Crippen LogP contribution < -0.4 is 0 Å². The second-order valence-corrected chi connectivity index (χ2v) is 3.47. The monoisotopic (exact) mass is 222 g/mol. The average Bonchev–Trinajstić information content (AvgIpc) is 2.87. The first-order chi connectivity index (χ1) is 7.83. The molecule has 16 heavy (non-hydrogen) atoms. The van der Waals surface area contributed by atoms with Gasteiger partial charge in [-0.2, -0.15) is 5.10 Å². The normalized spacial score (nSPS) is 10.9. The highest BCUT2D eigenvalue weighted by molar-refractivity contribution is 5.47. The van der Waals surface area contributed by atoms with Gasteiger partial charge in [0.25, 0.3) is 0 Å². The molecule has 1 N–H and O–H groups in total. The van der Waals surface area contributed by atoms with Gasteiger partial charge < -0.3 is 9.26 Å². The Labute approximate surface area is 93.0 Å². The Balaban J connectivity index is 2.14. The quantitative estimate of drug-likeness (QED) is 0.830. The molecule has 0 unspecified atom stereocenters. The Bertz CT molecular complexity index is 407. The van der Waals surface area contributed by atoms with Gasteiger partial charge in [0.05, 0.1) is 0 Å². The van der Waals surface area contributed by atoms with Crippen molar-refractivity contribution in [1.82, 2.24) is 20.3 Å². The third-order valence-electron chi connectivity index (χ3n) is 2.09. The summed E-state index contributed by atoms with van der Waals surface area (Å²) in [4.78, 5) is 4.31. The third kappa shape index (κ3) is 2.27. The lowest BCUT2D eigenvalue weighted by Crippen LogP contribution is -1.85. The van der Waals surface area contributed by atoms with Crippen molar-refractivity contribution in [2.24, 2.45) is 0 Å². The first-order valence-electron chi connectivity index (χ1n) is 5.19. The first-order valence-corrected chi connectivity index (χ1v) is 5.19. The summed E-state index contributed by atoms with van der Waals surface area (Å²) in [6, 6.07) is 1.78. The van der Waals surface area contributed by atoms with Crippen LogP contribution in [0.2, 0.25) is 0 Å². The number of ether oxygens (including phenoxy) is 1. The van der Waals surface area contributed by atoms with E-state index in [1.54, 1.807) is 13.2 Å². The summed E-state index contributed by atoms with van der Waals surface area (Å²) in [5.41, 5.74) is 0.630. The number of aromatic nitrogens is 4. The zero-order valence-corrected chi connectivity index (χ0v) is 9.36. The zero-order valence-electron chi connectivity index (χ0n) is 9.36. The molecule has 2 heterocycles. The van der Waals surface area contributed by atoms with E-state index in [1.807, 2.05) is 0 Å². The van der Waals surface area contributed by atoms with Gasteiger partial charge in [-0.1, -0.05) is 12.1 Å². The number of nitrogens with one attached hydrogen (secondary N) is 1. The van der Waals surface area contributed by atoms with Crippen molar-refractivity contribution in [3.05, 3.63) is 17.7 Å². The van der Waals surface area contributed by atoms with E-state index >= 15 is 0 Å². The van der Waals surface area contributed by atoms with Gasteiger partial charge >= 0.3 is 0 Å². The topological polar surface area (TPSA) is 76.8 Å². The van der Waals surface area contributed by atoms with Gasteiger partial charge in [0.2, 0.25) is 5.82 Å². The smallest absolute Gasteiger partial charge is 0.203 e. The van der Waals surface area contributed by atoms with Gasteiger partial charge in [-0.15, -0.1) is 0 Å². The minimum atomic E-state index is 0.402. The lowest BCUT2D eigenvalue weighted by Gasteiger charge is -1.87. The highest BCUT2D eigenvalue weighted by Crippen LogP contribution is 2.15. The van der Waals surface area contributed by atoms with Crippen LogP contribution in [-0.2, 0) is 17.8 Å². The van der Waals surface area contributed by atoms with Crippen molar-refractivity contribution in [1.29, 1.82) is 0 Å². The van der Waals surface area contributed by atoms with Gasteiger partial charge in [0.15, 0.2) is 11.5 Å². The number of hydrogen-bond acceptors (Lipinski definition) is 5. The fourth-order valence-corrected chi connectivity index (χ4v) is 1.39. The number of aromatic amines is 1. The van der Waals surface area contributed by atoms with E-state index in [4.69, 9.17) is 9.26 Å². The van der Waals surface area contributed by atoms with E-state index in [2.05, 4.69) is 27.3 Å². The molecule has 0 radical (unpaired) electrons. The summed E-state index contributed by atoms with van der Waals surface area (Å²) < 4.78 is 10.00. The van der Waals surface area contributed by atoms with Crippen LogP contribution in [0.3, 0.4) is 0 Å². The molecule has 0 aliphatic carbocycles. The predicted octanol–water partition coefficient (Wildman–Crippen LogP) is 1.56. The number of nitrogens with zero attached hydrogens (tertiary/aromatic N) is 3. The highest BCUT2D eigenvalue weighted by atomic mass is 16.5. The van der Waals surface area contributed by atoms with Crippen molar-refractivity contribution >= 4 is 0 Å². The van der Waals surface area contributed by atoms with E-state index < -0.39 is 0 Å². The number of hydrogen-bond donors (Lipinski definition) is 1. The number of aryl methyl sites for hydroxylation is 1. The van der Waals surface area contributed by atoms with Crippen LogP contribution >= 0.6 is 0 Å². The van der Waals surface area contributed by atoms with E-state index in [0.29, 0.717) is 23.9 Å². The summed E-state index contributed by atoms with van der Waals surface area (Å²) in [5.74, 6) is 2.10. The molecule has 0 aliphatic heterocycles. The minimum Gasteiger partial charge on any atom is -0.377 e. The van der Waals surface area contributed by atoms with E-state index in [-0.39, 0.29) is 0 Å². The number of methoxy groups -OCH3 is 1. The molecule has 0 aromatic carbocycles. The maximum atomic E-state index is 5.06. The van der Waals surface area contributed by atoms with Crippen LogP contribution in [0.5, 0.6) is 0 Å². The van der Waals surface area contributed by atoms with Gasteiger partial charge in [0, 0.05) is 19.6 Å². The maximum absolute atomic E-state index is 5.06. The third-order valence-corrected chi connectivity index (χ3v) is 2.09. The Morgan fingerprint density at radius 3 is 3.12 bits per heavy atom. The molecule has 6 nitrogen and oxygen atoms in total. The lowest BCUT2D eigenvalue weighted by molar-refractivity contribution is 0.156. The van der Waals surface area contributed by atoms with Crippen molar-refractivity contribution in [3.8, 4) is 11.5 Å². The highest BCUT2D eigenvalue weighted by Gasteiger charge is 2.11. The standard InChI is InChI=1S/C10H14N4O2/c1-3-4-9-11-10(13-12-9)8-5-7(6-15-2)16-14-8/h5H,3-4,6H2,1-2H3,(H,11,12,13). The summed E-state index contributed by atoms with van der Waals surface area (Å²) in [6.07, 6.45) is 1.91. The molecular formula is C10H14N4O2. The first kappa shape index (κ1) is 10.8. The molecule has 0 bridgehead atoms. The Kier molecular flexibility index (Phi) is 3.31. The van der Waals surface area contributed by atoms with E-state index in [1.165, 1.54) is 0 Å². The molecule has 0 amide bonds. The van der Waals surface area contributed by atoms with Crippen LogP contribution in [0.25, 0.3) is 11.5 Å². The Morgan fingerprint density at radius 1 is 1.50 bits per heavy atom. The van der Waals surface area contributed by atoms with Crippen molar-refractivity contribution in [2.45, 2.75) is 26.4 Å².